The van der Waals surface area contributed by atoms with Crippen molar-refractivity contribution in [2.45, 2.75) is 44.7 Å². The first-order valence-electron chi connectivity index (χ1n) is 9.75. The fraction of sp³-hybridized carbons (Fsp3) is 0.333. The minimum absolute atomic E-state index is 0.0810. The summed E-state index contributed by atoms with van der Waals surface area (Å²) in [4.78, 5) is 2.43. The van der Waals surface area contributed by atoms with Crippen LogP contribution in [0.3, 0.4) is 0 Å². The number of rotatable bonds is 2. The Labute approximate surface area is 160 Å². The highest BCUT2D eigenvalue weighted by Crippen LogP contribution is 2.43. The van der Waals surface area contributed by atoms with E-state index in [0.29, 0.717) is 0 Å². The molecule has 0 amide bonds. The van der Waals surface area contributed by atoms with Gasteiger partial charge in [0.2, 0.25) is 0 Å². The standard InChI is InChI=1S/C24H25NO2/c1-17-15-25(16-18-8-4-3-5-9-18)23-24(2,27-17)14-21-20-11-7-6-10-19(20)12-13-22(21)26-23/h3-13,17,23H,14-16H2,1-2H3/t17-,23-,24+/m0/s1. The Kier molecular flexibility index (Phi) is 3.96. The molecule has 2 heterocycles. The van der Waals surface area contributed by atoms with E-state index < -0.39 is 0 Å². The van der Waals surface area contributed by atoms with Gasteiger partial charge in [-0.1, -0.05) is 60.7 Å². The lowest BCUT2D eigenvalue weighted by molar-refractivity contribution is -0.234. The highest BCUT2D eigenvalue weighted by Gasteiger charge is 2.49. The van der Waals surface area contributed by atoms with Gasteiger partial charge in [-0.05, 0) is 36.2 Å². The smallest absolute Gasteiger partial charge is 0.182 e. The van der Waals surface area contributed by atoms with Gasteiger partial charge in [0.1, 0.15) is 11.4 Å². The van der Waals surface area contributed by atoms with Crippen LogP contribution in [0.4, 0.5) is 0 Å². The number of benzene rings is 3. The molecule has 3 aromatic rings. The Morgan fingerprint density at radius 2 is 1.78 bits per heavy atom. The summed E-state index contributed by atoms with van der Waals surface area (Å²) in [6.45, 7) is 6.11. The lowest BCUT2D eigenvalue weighted by Gasteiger charge is -2.52. The molecule has 1 fully saturated rings. The molecule has 27 heavy (non-hydrogen) atoms. The monoisotopic (exact) mass is 359 g/mol. The van der Waals surface area contributed by atoms with Gasteiger partial charge in [0.25, 0.3) is 0 Å². The molecular weight excluding hydrogens is 334 g/mol. The molecule has 0 saturated carbocycles. The summed E-state index contributed by atoms with van der Waals surface area (Å²) in [6.07, 6.45) is 0.960. The molecule has 3 heteroatoms. The fourth-order valence-corrected chi connectivity index (χ4v) is 4.74. The van der Waals surface area contributed by atoms with E-state index in [0.717, 1.165) is 25.3 Å². The largest absolute Gasteiger partial charge is 0.472 e. The molecule has 0 aliphatic carbocycles. The quantitative estimate of drug-likeness (QED) is 0.657. The van der Waals surface area contributed by atoms with Crippen molar-refractivity contribution in [2.75, 3.05) is 6.54 Å². The predicted octanol–water partition coefficient (Wildman–Crippen LogP) is 4.78. The zero-order valence-corrected chi connectivity index (χ0v) is 15.9. The summed E-state index contributed by atoms with van der Waals surface area (Å²) in [5, 5.41) is 2.53. The van der Waals surface area contributed by atoms with Crippen molar-refractivity contribution >= 4 is 10.8 Å². The second kappa shape index (κ2) is 6.36. The SMILES string of the molecule is C[C@H]1CN(Cc2ccccc2)[C@H]2Oc3ccc4ccccc4c3C[C@@]2(C)O1. The molecule has 0 bridgehead atoms. The van der Waals surface area contributed by atoms with E-state index >= 15 is 0 Å². The fourth-order valence-electron chi connectivity index (χ4n) is 4.74. The first kappa shape index (κ1) is 16.8. The molecule has 3 atom stereocenters. The second-order valence-corrected chi connectivity index (χ2v) is 8.07. The van der Waals surface area contributed by atoms with Crippen LogP contribution in [0.5, 0.6) is 5.75 Å². The maximum absolute atomic E-state index is 6.58. The summed E-state index contributed by atoms with van der Waals surface area (Å²) >= 11 is 0. The van der Waals surface area contributed by atoms with Crippen LogP contribution in [0.25, 0.3) is 10.8 Å². The maximum atomic E-state index is 6.58. The first-order valence-corrected chi connectivity index (χ1v) is 9.75. The number of hydrogen-bond donors (Lipinski definition) is 0. The third kappa shape index (κ3) is 2.91. The van der Waals surface area contributed by atoms with Gasteiger partial charge in [0.15, 0.2) is 6.23 Å². The molecule has 3 aromatic carbocycles. The van der Waals surface area contributed by atoms with Crippen molar-refractivity contribution in [3.63, 3.8) is 0 Å². The van der Waals surface area contributed by atoms with Gasteiger partial charge >= 0.3 is 0 Å². The maximum Gasteiger partial charge on any atom is 0.182 e. The predicted molar refractivity (Wildman–Crippen MR) is 108 cm³/mol. The second-order valence-electron chi connectivity index (χ2n) is 8.07. The molecular formula is C24H25NO2. The Hall–Kier alpha value is -2.36. The lowest BCUT2D eigenvalue weighted by atomic mass is 9.86. The minimum atomic E-state index is -0.358. The van der Waals surface area contributed by atoms with Gasteiger partial charge in [-0.3, -0.25) is 4.90 Å². The van der Waals surface area contributed by atoms with Crippen LogP contribution in [0.15, 0.2) is 66.7 Å². The molecule has 138 valence electrons. The number of hydrogen-bond acceptors (Lipinski definition) is 3. The van der Waals surface area contributed by atoms with E-state index in [2.05, 4.69) is 85.5 Å². The van der Waals surface area contributed by atoms with Crippen molar-refractivity contribution in [3.05, 3.63) is 77.9 Å². The Balaban J connectivity index is 1.54. The third-order valence-electron chi connectivity index (χ3n) is 5.81. The molecule has 2 aliphatic heterocycles. The number of fused-ring (bicyclic) bond motifs is 4. The van der Waals surface area contributed by atoms with Gasteiger partial charge in [0, 0.05) is 25.1 Å². The molecule has 0 radical (unpaired) electrons. The molecule has 0 spiro atoms. The highest BCUT2D eigenvalue weighted by molar-refractivity contribution is 5.88. The average Bonchev–Trinajstić information content (AvgIpc) is 2.67. The van der Waals surface area contributed by atoms with Crippen LogP contribution in [0, 0.1) is 0 Å². The van der Waals surface area contributed by atoms with E-state index in [1.54, 1.807) is 0 Å². The molecule has 1 saturated heterocycles. The normalized spacial score (nSPS) is 27.6. The number of morpholine rings is 1. The minimum Gasteiger partial charge on any atom is -0.472 e. The molecule has 0 unspecified atom stereocenters. The molecule has 2 aliphatic rings. The Morgan fingerprint density at radius 3 is 2.63 bits per heavy atom. The zero-order chi connectivity index (χ0) is 18.4. The summed E-state index contributed by atoms with van der Waals surface area (Å²) in [7, 11) is 0. The van der Waals surface area contributed by atoms with Crippen LogP contribution in [-0.2, 0) is 17.7 Å². The van der Waals surface area contributed by atoms with Crippen LogP contribution in [0.1, 0.15) is 25.0 Å². The van der Waals surface area contributed by atoms with Gasteiger partial charge in [-0.15, -0.1) is 0 Å². The van der Waals surface area contributed by atoms with Crippen LogP contribution < -0.4 is 4.74 Å². The number of ether oxygens (including phenoxy) is 2. The van der Waals surface area contributed by atoms with Crippen molar-refractivity contribution < 1.29 is 9.47 Å². The Morgan fingerprint density at radius 1 is 1.00 bits per heavy atom. The number of nitrogens with zero attached hydrogens (tertiary/aromatic N) is 1. The van der Waals surface area contributed by atoms with Crippen molar-refractivity contribution in [2.24, 2.45) is 0 Å². The van der Waals surface area contributed by atoms with E-state index in [4.69, 9.17) is 9.47 Å². The van der Waals surface area contributed by atoms with Gasteiger partial charge in [0.05, 0.1) is 6.10 Å². The van der Waals surface area contributed by atoms with Crippen molar-refractivity contribution in [3.8, 4) is 5.75 Å². The van der Waals surface area contributed by atoms with E-state index in [1.165, 1.54) is 21.9 Å². The van der Waals surface area contributed by atoms with Crippen molar-refractivity contribution in [1.82, 2.24) is 4.90 Å². The Bertz CT molecular complexity index is 971. The van der Waals surface area contributed by atoms with E-state index in [1.807, 2.05) is 0 Å². The highest BCUT2D eigenvalue weighted by atomic mass is 16.6. The third-order valence-corrected chi connectivity index (χ3v) is 5.81. The van der Waals surface area contributed by atoms with Crippen LogP contribution >= 0.6 is 0 Å². The van der Waals surface area contributed by atoms with Crippen LogP contribution in [-0.4, -0.2) is 29.4 Å². The van der Waals surface area contributed by atoms with Gasteiger partial charge < -0.3 is 9.47 Å². The average molecular weight is 359 g/mol. The summed E-state index contributed by atoms with van der Waals surface area (Å²) in [6, 6.07) is 23.4. The summed E-state index contributed by atoms with van der Waals surface area (Å²) in [5.41, 5.74) is 2.21. The zero-order valence-electron chi connectivity index (χ0n) is 15.9. The van der Waals surface area contributed by atoms with Gasteiger partial charge in [-0.2, -0.15) is 0 Å². The van der Waals surface area contributed by atoms with Gasteiger partial charge in [-0.25, -0.2) is 0 Å². The molecule has 0 aromatic heterocycles. The van der Waals surface area contributed by atoms with Crippen molar-refractivity contribution in [1.29, 1.82) is 0 Å². The van der Waals surface area contributed by atoms with E-state index in [-0.39, 0.29) is 17.9 Å². The molecule has 0 N–H and O–H groups in total. The molecule has 5 rings (SSSR count). The lowest BCUT2D eigenvalue weighted by Crippen LogP contribution is -2.65. The topological polar surface area (TPSA) is 21.7 Å². The van der Waals surface area contributed by atoms with E-state index in [9.17, 15) is 0 Å². The molecule has 3 nitrogen and oxygen atoms in total. The van der Waals surface area contributed by atoms with Crippen LogP contribution in [0.2, 0.25) is 0 Å². The first-order chi connectivity index (χ1) is 13.1. The summed E-state index contributed by atoms with van der Waals surface area (Å²) in [5.74, 6) is 0.993. The summed E-state index contributed by atoms with van der Waals surface area (Å²) < 4.78 is 13.1.